The smallest absolute Gasteiger partial charge is 0.242 e. The number of halogens is 1. The highest BCUT2D eigenvalue weighted by atomic mass is 35.5. The number of H-pyrrole nitrogens is 1. The molecule has 1 aliphatic rings. The molecular weight excluding hydrogens is 178 g/mol. The van der Waals surface area contributed by atoms with Crippen LogP contribution in [-0.2, 0) is 10.3 Å². The van der Waals surface area contributed by atoms with Crippen LogP contribution in [-0.4, -0.2) is 21.8 Å². The fraction of sp³-hybridized carbons (Fsp3) is 0.714. The third-order valence-electron chi connectivity index (χ3n) is 2.18. The summed E-state index contributed by atoms with van der Waals surface area (Å²) in [6, 6.07) is 0. The minimum atomic E-state index is -0.305. The predicted molar refractivity (Wildman–Crippen MR) is 43.9 cm³/mol. The monoisotopic (exact) mass is 187 g/mol. The van der Waals surface area contributed by atoms with E-state index in [9.17, 15) is 0 Å². The molecule has 4 nitrogen and oxygen atoms in total. The summed E-state index contributed by atoms with van der Waals surface area (Å²) in [7, 11) is 0. The lowest BCUT2D eigenvalue weighted by Crippen LogP contribution is -2.21. The number of ether oxygens (including phenoxy) is 1. The van der Waals surface area contributed by atoms with Crippen LogP contribution in [0.2, 0.25) is 5.28 Å². The van der Waals surface area contributed by atoms with Crippen LogP contribution in [0.3, 0.4) is 0 Å². The maximum atomic E-state index is 5.59. The van der Waals surface area contributed by atoms with Gasteiger partial charge >= 0.3 is 0 Å². The van der Waals surface area contributed by atoms with Crippen LogP contribution in [0.1, 0.15) is 25.6 Å². The first kappa shape index (κ1) is 8.01. The lowest BCUT2D eigenvalue weighted by molar-refractivity contribution is 0.00965. The Bertz CT molecular complexity index is 280. The summed E-state index contributed by atoms with van der Waals surface area (Å²) in [4.78, 5) is 4.04. The van der Waals surface area contributed by atoms with E-state index in [2.05, 4.69) is 15.2 Å². The molecule has 0 amide bonds. The van der Waals surface area contributed by atoms with Gasteiger partial charge in [0.25, 0.3) is 0 Å². The predicted octanol–water partition coefficient (Wildman–Crippen LogP) is 1.48. The van der Waals surface area contributed by atoms with Crippen LogP contribution in [0.5, 0.6) is 0 Å². The number of nitrogens with zero attached hydrogens (tertiary/aromatic N) is 2. The maximum absolute atomic E-state index is 5.59. The van der Waals surface area contributed by atoms with Crippen molar-refractivity contribution in [2.45, 2.75) is 25.4 Å². The molecule has 2 rings (SSSR count). The Hall–Kier alpha value is -0.610. The molecule has 0 radical (unpaired) electrons. The zero-order valence-corrected chi connectivity index (χ0v) is 7.56. The molecule has 1 aromatic heterocycles. The summed E-state index contributed by atoms with van der Waals surface area (Å²) in [5, 5.41) is 6.78. The Morgan fingerprint density at radius 2 is 2.50 bits per heavy atom. The fourth-order valence-electron chi connectivity index (χ4n) is 1.44. The van der Waals surface area contributed by atoms with Crippen LogP contribution >= 0.6 is 11.6 Å². The number of rotatable bonds is 1. The second kappa shape index (κ2) is 2.71. The first-order chi connectivity index (χ1) is 5.71. The summed E-state index contributed by atoms with van der Waals surface area (Å²) in [6.45, 7) is 2.78. The van der Waals surface area contributed by atoms with Crippen molar-refractivity contribution < 1.29 is 4.74 Å². The molecule has 0 spiro atoms. The molecule has 0 saturated carbocycles. The van der Waals surface area contributed by atoms with Gasteiger partial charge in [-0.1, -0.05) is 0 Å². The minimum absolute atomic E-state index is 0.252. The van der Waals surface area contributed by atoms with Gasteiger partial charge in [0.1, 0.15) is 5.60 Å². The molecule has 1 N–H and O–H groups in total. The third kappa shape index (κ3) is 1.21. The molecule has 1 atom stereocenters. The number of hydrogen-bond acceptors (Lipinski definition) is 3. The maximum Gasteiger partial charge on any atom is 0.242 e. The summed E-state index contributed by atoms with van der Waals surface area (Å²) in [5.74, 6) is 0.727. The second-order valence-corrected chi connectivity index (χ2v) is 3.47. The van der Waals surface area contributed by atoms with Crippen molar-refractivity contribution in [3.8, 4) is 0 Å². The zero-order chi connectivity index (χ0) is 8.60. The number of nitrogens with one attached hydrogen (secondary N) is 1. The lowest BCUT2D eigenvalue weighted by Gasteiger charge is -2.18. The topological polar surface area (TPSA) is 50.8 Å². The van der Waals surface area contributed by atoms with Crippen LogP contribution < -0.4 is 0 Å². The molecule has 1 fully saturated rings. The zero-order valence-electron chi connectivity index (χ0n) is 6.80. The first-order valence-electron chi connectivity index (χ1n) is 3.93. The van der Waals surface area contributed by atoms with E-state index >= 15 is 0 Å². The van der Waals surface area contributed by atoms with Crippen molar-refractivity contribution in [1.29, 1.82) is 0 Å². The summed E-state index contributed by atoms with van der Waals surface area (Å²) >= 11 is 5.59. The number of hydrogen-bond donors (Lipinski definition) is 1. The Morgan fingerprint density at radius 1 is 1.67 bits per heavy atom. The average molecular weight is 188 g/mol. The molecule has 1 unspecified atom stereocenters. The molecule has 1 aliphatic heterocycles. The van der Waals surface area contributed by atoms with Gasteiger partial charge in [0.2, 0.25) is 5.28 Å². The highest BCUT2D eigenvalue weighted by Crippen LogP contribution is 2.33. The van der Waals surface area contributed by atoms with Gasteiger partial charge in [-0.3, -0.25) is 5.10 Å². The molecule has 2 heterocycles. The van der Waals surface area contributed by atoms with Gasteiger partial charge in [-0.2, -0.15) is 4.98 Å². The van der Waals surface area contributed by atoms with Gasteiger partial charge < -0.3 is 4.74 Å². The van der Waals surface area contributed by atoms with Crippen LogP contribution in [0.25, 0.3) is 0 Å². The molecule has 66 valence electrons. The SMILES string of the molecule is CC1(c2nc(Cl)n[nH]2)CCCO1. The molecule has 12 heavy (non-hydrogen) atoms. The Kier molecular flexibility index (Phi) is 1.81. The molecule has 0 aromatic carbocycles. The molecule has 0 bridgehead atoms. The quantitative estimate of drug-likeness (QED) is 0.725. The Morgan fingerprint density at radius 3 is 3.00 bits per heavy atom. The van der Waals surface area contributed by atoms with E-state index in [0.29, 0.717) is 0 Å². The first-order valence-corrected chi connectivity index (χ1v) is 4.31. The molecule has 5 heteroatoms. The van der Waals surface area contributed by atoms with E-state index < -0.39 is 0 Å². The molecular formula is C7H10ClN3O. The van der Waals surface area contributed by atoms with Crippen molar-refractivity contribution in [2.24, 2.45) is 0 Å². The lowest BCUT2D eigenvalue weighted by atomic mass is 10.0. The standard InChI is InChI=1S/C7H10ClN3O/c1-7(3-2-4-12-7)5-9-6(8)11-10-5/h2-4H2,1H3,(H,9,10,11). The fourth-order valence-corrected chi connectivity index (χ4v) is 1.57. The second-order valence-electron chi connectivity index (χ2n) is 3.14. The van der Waals surface area contributed by atoms with Crippen molar-refractivity contribution >= 4 is 11.6 Å². The number of aromatic amines is 1. The highest BCUT2D eigenvalue weighted by molar-refractivity contribution is 6.28. The molecule has 0 aliphatic carbocycles. The van der Waals surface area contributed by atoms with E-state index in [4.69, 9.17) is 16.3 Å². The Balaban J connectivity index is 2.28. The number of aromatic nitrogens is 3. The van der Waals surface area contributed by atoms with Gasteiger partial charge in [-0.05, 0) is 31.4 Å². The minimum Gasteiger partial charge on any atom is -0.367 e. The normalized spacial score (nSPS) is 29.5. The van der Waals surface area contributed by atoms with Crippen molar-refractivity contribution in [3.05, 3.63) is 11.1 Å². The average Bonchev–Trinajstić information content (AvgIpc) is 2.59. The molecule has 1 aromatic rings. The van der Waals surface area contributed by atoms with Crippen LogP contribution in [0.4, 0.5) is 0 Å². The van der Waals surface area contributed by atoms with E-state index in [1.807, 2.05) is 6.92 Å². The van der Waals surface area contributed by atoms with Gasteiger partial charge in [-0.15, -0.1) is 5.10 Å². The largest absolute Gasteiger partial charge is 0.367 e. The summed E-state index contributed by atoms with van der Waals surface area (Å²) < 4.78 is 5.55. The Labute approximate surface area is 75.3 Å². The van der Waals surface area contributed by atoms with Crippen molar-refractivity contribution in [3.63, 3.8) is 0 Å². The van der Waals surface area contributed by atoms with Gasteiger partial charge in [0, 0.05) is 6.61 Å². The van der Waals surface area contributed by atoms with Crippen molar-refractivity contribution in [1.82, 2.24) is 15.2 Å². The van der Waals surface area contributed by atoms with Crippen LogP contribution in [0.15, 0.2) is 0 Å². The molecule has 1 saturated heterocycles. The van der Waals surface area contributed by atoms with Crippen molar-refractivity contribution in [2.75, 3.05) is 6.61 Å². The van der Waals surface area contributed by atoms with E-state index in [-0.39, 0.29) is 10.9 Å². The van der Waals surface area contributed by atoms with Gasteiger partial charge in [0.15, 0.2) is 5.82 Å². The van der Waals surface area contributed by atoms with Gasteiger partial charge in [-0.25, -0.2) is 0 Å². The summed E-state index contributed by atoms with van der Waals surface area (Å²) in [5.41, 5.74) is -0.305. The van der Waals surface area contributed by atoms with E-state index in [1.165, 1.54) is 0 Å². The van der Waals surface area contributed by atoms with Crippen LogP contribution in [0, 0.1) is 0 Å². The van der Waals surface area contributed by atoms with Gasteiger partial charge in [0.05, 0.1) is 0 Å². The van der Waals surface area contributed by atoms with E-state index in [1.54, 1.807) is 0 Å². The highest BCUT2D eigenvalue weighted by Gasteiger charge is 2.34. The van der Waals surface area contributed by atoms with E-state index in [0.717, 1.165) is 25.3 Å². The summed E-state index contributed by atoms with van der Waals surface area (Å²) in [6.07, 6.45) is 2.04. The third-order valence-corrected chi connectivity index (χ3v) is 2.35.